The van der Waals surface area contributed by atoms with Crippen LogP contribution in [0.4, 0.5) is 8.78 Å². The van der Waals surface area contributed by atoms with Crippen molar-refractivity contribution in [2.45, 2.75) is 38.9 Å². The van der Waals surface area contributed by atoms with Gasteiger partial charge in [-0.2, -0.15) is 0 Å². The SMILES string of the molecule is C#Cc1cccc(CN2CCc3c(c(=O)n(Cc4ccc(C(C)(F)F)cc4)c(=O)n3C)C2)c1. The van der Waals surface area contributed by atoms with E-state index in [9.17, 15) is 18.4 Å². The van der Waals surface area contributed by atoms with Gasteiger partial charge in [-0.05, 0) is 23.3 Å². The first-order valence-electron chi connectivity index (χ1n) is 10.7. The van der Waals surface area contributed by atoms with Gasteiger partial charge in [0, 0.05) is 56.8 Å². The van der Waals surface area contributed by atoms with E-state index in [1.54, 1.807) is 7.05 Å². The fourth-order valence-corrected chi connectivity index (χ4v) is 4.29. The van der Waals surface area contributed by atoms with E-state index < -0.39 is 11.6 Å². The molecule has 5 nitrogen and oxygen atoms in total. The number of halogens is 2. The summed E-state index contributed by atoms with van der Waals surface area (Å²) in [5.41, 5.74) is 2.97. The van der Waals surface area contributed by atoms with Crippen molar-refractivity contribution in [2.24, 2.45) is 7.05 Å². The third-order valence-electron chi connectivity index (χ3n) is 6.12. The molecule has 0 saturated carbocycles. The molecule has 170 valence electrons. The molecule has 3 aromatic rings. The van der Waals surface area contributed by atoms with Crippen LogP contribution in [-0.2, 0) is 39.0 Å². The molecule has 0 N–H and O–H groups in total. The number of hydrogen-bond acceptors (Lipinski definition) is 3. The van der Waals surface area contributed by atoms with Crippen molar-refractivity contribution in [1.82, 2.24) is 14.0 Å². The summed E-state index contributed by atoms with van der Waals surface area (Å²) in [6, 6.07) is 13.5. The van der Waals surface area contributed by atoms with E-state index in [0.717, 1.165) is 30.3 Å². The van der Waals surface area contributed by atoms with E-state index in [0.29, 0.717) is 30.6 Å². The summed E-state index contributed by atoms with van der Waals surface area (Å²) < 4.78 is 29.7. The van der Waals surface area contributed by atoms with Crippen LogP contribution in [0.5, 0.6) is 0 Å². The van der Waals surface area contributed by atoms with E-state index in [1.165, 1.54) is 33.4 Å². The van der Waals surface area contributed by atoms with E-state index in [2.05, 4.69) is 10.8 Å². The van der Waals surface area contributed by atoms with Crippen LogP contribution in [-0.4, -0.2) is 20.6 Å². The molecular weight excluding hydrogens is 424 g/mol. The largest absolute Gasteiger partial charge is 0.331 e. The van der Waals surface area contributed by atoms with Crippen LogP contribution < -0.4 is 11.2 Å². The molecule has 0 atom stereocenters. The lowest BCUT2D eigenvalue weighted by Gasteiger charge is -2.30. The highest BCUT2D eigenvalue weighted by atomic mass is 19.3. The molecule has 1 aromatic heterocycles. The molecule has 1 aliphatic rings. The van der Waals surface area contributed by atoms with Gasteiger partial charge in [0.1, 0.15) is 0 Å². The molecule has 33 heavy (non-hydrogen) atoms. The Labute approximate surface area is 190 Å². The Morgan fingerprint density at radius 2 is 1.79 bits per heavy atom. The van der Waals surface area contributed by atoms with Crippen molar-refractivity contribution in [1.29, 1.82) is 0 Å². The third kappa shape index (κ3) is 4.67. The van der Waals surface area contributed by atoms with E-state index in [-0.39, 0.29) is 17.7 Å². The molecule has 7 heteroatoms. The first-order valence-corrected chi connectivity index (χ1v) is 10.7. The lowest BCUT2D eigenvalue weighted by atomic mass is 10.0. The summed E-state index contributed by atoms with van der Waals surface area (Å²) >= 11 is 0. The second-order valence-electron chi connectivity index (χ2n) is 8.55. The van der Waals surface area contributed by atoms with E-state index in [4.69, 9.17) is 6.42 Å². The van der Waals surface area contributed by atoms with Gasteiger partial charge in [0.25, 0.3) is 11.5 Å². The third-order valence-corrected chi connectivity index (χ3v) is 6.12. The minimum Gasteiger partial charge on any atom is -0.300 e. The molecule has 0 amide bonds. The average molecular weight is 450 g/mol. The van der Waals surface area contributed by atoms with Gasteiger partial charge in [0.05, 0.1) is 12.1 Å². The van der Waals surface area contributed by atoms with Gasteiger partial charge in [-0.15, -0.1) is 6.42 Å². The van der Waals surface area contributed by atoms with Gasteiger partial charge in [0.15, 0.2) is 0 Å². The second-order valence-corrected chi connectivity index (χ2v) is 8.55. The zero-order valence-corrected chi connectivity index (χ0v) is 18.6. The minimum atomic E-state index is -2.94. The van der Waals surface area contributed by atoms with Gasteiger partial charge in [0.2, 0.25) is 0 Å². The number of hydrogen-bond donors (Lipinski definition) is 0. The van der Waals surface area contributed by atoms with Crippen LogP contribution in [0.25, 0.3) is 0 Å². The van der Waals surface area contributed by atoms with Gasteiger partial charge in [-0.1, -0.05) is 42.3 Å². The Hall–Kier alpha value is -3.50. The summed E-state index contributed by atoms with van der Waals surface area (Å²) in [6.45, 7) is 2.64. The van der Waals surface area contributed by atoms with Crippen LogP contribution >= 0.6 is 0 Å². The molecule has 0 spiro atoms. The normalized spacial score (nSPS) is 14.0. The predicted molar refractivity (Wildman–Crippen MR) is 123 cm³/mol. The van der Waals surface area contributed by atoms with Crippen LogP contribution in [0.2, 0.25) is 0 Å². The van der Waals surface area contributed by atoms with Crippen molar-refractivity contribution in [3.63, 3.8) is 0 Å². The highest BCUT2D eigenvalue weighted by Gasteiger charge is 2.25. The fraction of sp³-hybridized carbons (Fsp3) is 0.308. The van der Waals surface area contributed by atoms with Gasteiger partial charge >= 0.3 is 5.69 Å². The molecule has 0 fully saturated rings. The molecule has 2 heterocycles. The maximum absolute atomic E-state index is 13.5. The zero-order chi connectivity index (χ0) is 23.8. The lowest BCUT2D eigenvalue weighted by molar-refractivity contribution is 0.0174. The maximum Gasteiger partial charge on any atom is 0.331 e. The van der Waals surface area contributed by atoms with Gasteiger partial charge in [-0.3, -0.25) is 14.3 Å². The highest BCUT2D eigenvalue weighted by molar-refractivity contribution is 5.35. The standard InChI is InChI=1S/C26H25F2N3O2/c1-4-18-6-5-7-20(14-18)15-30-13-12-23-22(17-30)24(32)31(25(33)29(23)3)16-19-8-10-21(11-9-19)26(2,27)28/h1,5-11,14H,12-13,15-17H2,2-3H3. The summed E-state index contributed by atoms with van der Waals surface area (Å²) in [4.78, 5) is 28.4. The van der Waals surface area contributed by atoms with Crippen LogP contribution in [0, 0.1) is 12.3 Å². The minimum absolute atomic E-state index is 0.0264. The number of alkyl halides is 2. The molecule has 0 aliphatic carbocycles. The smallest absolute Gasteiger partial charge is 0.300 e. The van der Waals surface area contributed by atoms with Crippen molar-refractivity contribution in [2.75, 3.05) is 6.54 Å². The maximum atomic E-state index is 13.5. The number of benzene rings is 2. The number of terminal acetylenes is 1. The molecular formula is C26H25F2N3O2. The molecule has 1 aliphatic heterocycles. The quantitative estimate of drug-likeness (QED) is 0.562. The Morgan fingerprint density at radius 3 is 2.45 bits per heavy atom. The topological polar surface area (TPSA) is 47.2 Å². The fourth-order valence-electron chi connectivity index (χ4n) is 4.29. The first-order chi connectivity index (χ1) is 15.7. The van der Waals surface area contributed by atoms with Crippen molar-refractivity contribution < 1.29 is 8.78 Å². The number of nitrogens with zero attached hydrogens (tertiary/aromatic N) is 3. The number of fused-ring (bicyclic) bond motifs is 1. The van der Waals surface area contributed by atoms with Crippen molar-refractivity contribution in [3.8, 4) is 12.3 Å². The van der Waals surface area contributed by atoms with Crippen LogP contribution in [0.3, 0.4) is 0 Å². The van der Waals surface area contributed by atoms with E-state index >= 15 is 0 Å². The summed E-state index contributed by atoms with van der Waals surface area (Å²) in [5.74, 6) is -0.310. The van der Waals surface area contributed by atoms with Gasteiger partial charge < -0.3 is 4.57 Å². The van der Waals surface area contributed by atoms with Crippen molar-refractivity contribution >= 4 is 0 Å². The lowest BCUT2D eigenvalue weighted by Crippen LogP contribution is -2.47. The molecule has 0 radical (unpaired) electrons. The predicted octanol–water partition coefficient (Wildman–Crippen LogP) is 3.25. The summed E-state index contributed by atoms with van der Waals surface area (Å²) in [7, 11) is 1.67. The monoisotopic (exact) mass is 449 g/mol. The average Bonchev–Trinajstić information content (AvgIpc) is 2.80. The Balaban J connectivity index is 1.62. The molecule has 0 bridgehead atoms. The summed E-state index contributed by atoms with van der Waals surface area (Å²) in [5, 5.41) is 0. The molecule has 0 unspecified atom stereocenters. The Morgan fingerprint density at radius 1 is 1.06 bits per heavy atom. The van der Waals surface area contributed by atoms with Crippen molar-refractivity contribution in [3.05, 3.63) is 103 Å². The zero-order valence-electron chi connectivity index (χ0n) is 18.6. The molecule has 4 rings (SSSR count). The Bertz CT molecular complexity index is 1340. The Kier molecular flexibility index (Phi) is 6.05. The van der Waals surface area contributed by atoms with Crippen LogP contribution in [0.15, 0.2) is 58.1 Å². The highest BCUT2D eigenvalue weighted by Crippen LogP contribution is 2.27. The second kappa shape index (κ2) is 8.80. The number of aromatic nitrogens is 2. The molecule has 0 saturated heterocycles. The summed E-state index contributed by atoms with van der Waals surface area (Å²) in [6.07, 6.45) is 6.09. The number of rotatable bonds is 5. The van der Waals surface area contributed by atoms with Crippen LogP contribution in [0.1, 0.15) is 40.4 Å². The first kappa shape index (κ1) is 22.7. The van der Waals surface area contributed by atoms with Gasteiger partial charge in [-0.25, -0.2) is 13.6 Å². The molecule has 2 aromatic carbocycles. The van der Waals surface area contributed by atoms with E-state index in [1.807, 2.05) is 24.3 Å².